The standard InChI is InChI=1S/C23H26N4O4/c1-28-17-3-7-19(8-4-17)30-22-21(25-14-16-11-12-24-13-16)15-26-23(27-22)31-20-9-5-18(29-2)6-10-20/h3-10,15-16,24-25H,11-14H2,1-2H3/t16-/m0/s1. The first-order valence-corrected chi connectivity index (χ1v) is 10.2. The van der Waals surface area contributed by atoms with Crippen molar-refractivity contribution in [3.05, 3.63) is 54.7 Å². The molecule has 1 aromatic heterocycles. The van der Waals surface area contributed by atoms with Crippen LogP contribution in [0.2, 0.25) is 0 Å². The van der Waals surface area contributed by atoms with Crippen LogP contribution >= 0.6 is 0 Å². The summed E-state index contributed by atoms with van der Waals surface area (Å²) in [6.07, 6.45) is 2.83. The first kappa shape index (κ1) is 20.7. The van der Waals surface area contributed by atoms with Crippen molar-refractivity contribution in [2.24, 2.45) is 5.92 Å². The summed E-state index contributed by atoms with van der Waals surface area (Å²) in [4.78, 5) is 8.85. The minimum Gasteiger partial charge on any atom is -0.497 e. The molecule has 3 aromatic rings. The molecular formula is C23H26N4O4. The highest BCUT2D eigenvalue weighted by Crippen LogP contribution is 2.31. The minimum atomic E-state index is 0.196. The van der Waals surface area contributed by atoms with Gasteiger partial charge in [0.05, 0.1) is 20.4 Å². The first-order valence-electron chi connectivity index (χ1n) is 10.2. The van der Waals surface area contributed by atoms with Crippen LogP contribution in [0.15, 0.2) is 54.7 Å². The maximum absolute atomic E-state index is 6.05. The highest BCUT2D eigenvalue weighted by Gasteiger charge is 2.17. The molecule has 0 radical (unpaired) electrons. The van der Waals surface area contributed by atoms with Crippen LogP contribution in [-0.4, -0.2) is 43.8 Å². The Bertz CT molecular complexity index is 974. The summed E-state index contributed by atoms with van der Waals surface area (Å²) in [7, 11) is 3.25. The molecule has 31 heavy (non-hydrogen) atoms. The van der Waals surface area contributed by atoms with E-state index in [1.807, 2.05) is 36.4 Å². The number of nitrogens with one attached hydrogen (secondary N) is 2. The molecule has 8 nitrogen and oxygen atoms in total. The Morgan fingerprint density at radius 2 is 1.52 bits per heavy atom. The smallest absolute Gasteiger partial charge is 0.325 e. The normalized spacial score (nSPS) is 15.4. The first-order chi connectivity index (χ1) is 15.2. The van der Waals surface area contributed by atoms with E-state index >= 15 is 0 Å². The zero-order chi connectivity index (χ0) is 21.5. The average Bonchev–Trinajstić information content (AvgIpc) is 3.33. The van der Waals surface area contributed by atoms with E-state index in [1.54, 1.807) is 32.5 Å². The highest BCUT2D eigenvalue weighted by atomic mass is 16.5. The second-order valence-corrected chi connectivity index (χ2v) is 7.17. The SMILES string of the molecule is COc1ccc(Oc2ncc(NC[C@H]3CCNC3)c(Oc3ccc(OC)cc3)n2)cc1. The summed E-state index contributed by atoms with van der Waals surface area (Å²) < 4.78 is 22.3. The Morgan fingerprint density at radius 1 is 0.903 bits per heavy atom. The number of anilines is 1. The van der Waals surface area contributed by atoms with Crippen molar-refractivity contribution < 1.29 is 18.9 Å². The molecule has 0 unspecified atom stereocenters. The van der Waals surface area contributed by atoms with Gasteiger partial charge in [-0.15, -0.1) is 0 Å². The molecule has 2 heterocycles. The van der Waals surface area contributed by atoms with Crippen molar-refractivity contribution in [3.63, 3.8) is 0 Å². The molecule has 2 aromatic carbocycles. The van der Waals surface area contributed by atoms with Crippen LogP contribution in [0.5, 0.6) is 34.9 Å². The largest absolute Gasteiger partial charge is 0.497 e. The van der Waals surface area contributed by atoms with Gasteiger partial charge >= 0.3 is 6.01 Å². The van der Waals surface area contributed by atoms with E-state index in [9.17, 15) is 0 Å². The second kappa shape index (κ2) is 9.99. The van der Waals surface area contributed by atoms with Crippen molar-refractivity contribution in [1.82, 2.24) is 15.3 Å². The molecule has 0 amide bonds. The lowest BCUT2D eigenvalue weighted by Gasteiger charge is -2.15. The third-order valence-electron chi connectivity index (χ3n) is 5.02. The molecule has 8 heteroatoms. The van der Waals surface area contributed by atoms with Gasteiger partial charge in [0.2, 0.25) is 5.88 Å². The van der Waals surface area contributed by atoms with E-state index in [0.29, 0.717) is 29.0 Å². The lowest BCUT2D eigenvalue weighted by molar-refractivity contribution is 0.402. The van der Waals surface area contributed by atoms with Gasteiger partial charge in [0.25, 0.3) is 0 Å². The third-order valence-corrected chi connectivity index (χ3v) is 5.02. The Kier molecular flexibility index (Phi) is 6.68. The Morgan fingerprint density at radius 3 is 2.10 bits per heavy atom. The molecule has 1 aliphatic heterocycles. The van der Waals surface area contributed by atoms with Crippen molar-refractivity contribution in [1.29, 1.82) is 0 Å². The molecular weight excluding hydrogens is 396 g/mol. The van der Waals surface area contributed by atoms with E-state index in [0.717, 1.165) is 37.6 Å². The van der Waals surface area contributed by atoms with Gasteiger partial charge in [0.1, 0.15) is 28.7 Å². The predicted molar refractivity (Wildman–Crippen MR) is 118 cm³/mol. The molecule has 1 fully saturated rings. The molecule has 0 saturated carbocycles. The van der Waals surface area contributed by atoms with Gasteiger partial charge in [0.15, 0.2) is 0 Å². The van der Waals surface area contributed by atoms with Crippen LogP contribution in [0.25, 0.3) is 0 Å². The molecule has 1 atom stereocenters. The number of hydrogen-bond donors (Lipinski definition) is 2. The fourth-order valence-corrected chi connectivity index (χ4v) is 3.25. The monoisotopic (exact) mass is 422 g/mol. The van der Waals surface area contributed by atoms with Crippen LogP contribution in [0.1, 0.15) is 6.42 Å². The van der Waals surface area contributed by atoms with Gasteiger partial charge in [-0.2, -0.15) is 4.98 Å². The van der Waals surface area contributed by atoms with E-state index in [1.165, 1.54) is 0 Å². The van der Waals surface area contributed by atoms with Crippen LogP contribution in [0, 0.1) is 5.92 Å². The van der Waals surface area contributed by atoms with Crippen LogP contribution in [0.3, 0.4) is 0 Å². The molecule has 0 spiro atoms. The fourth-order valence-electron chi connectivity index (χ4n) is 3.25. The van der Waals surface area contributed by atoms with Gasteiger partial charge < -0.3 is 29.6 Å². The Balaban J connectivity index is 1.53. The zero-order valence-corrected chi connectivity index (χ0v) is 17.6. The molecule has 2 N–H and O–H groups in total. The number of methoxy groups -OCH3 is 2. The summed E-state index contributed by atoms with van der Waals surface area (Å²) in [5, 5.41) is 6.79. The van der Waals surface area contributed by atoms with E-state index in [2.05, 4.69) is 20.6 Å². The van der Waals surface area contributed by atoms with Crippen molar-refractivity contribution in [2.75, 3.05) is 39.2 Å². The second-order valence-electron chi connectivity index (χ2n) is 7.17. The van der Waals surface area contributed by atoms with Crippen molar-refractivity contribution >= 4 is 5.69 Å². The number of hydrogen-bond acceptors (Lipinski definition) is 8. The van der Waals surface area contributed by atoms with Crippen LogP contribution in [-0.2, 0) is 0 Å². The van der Waals surface area contributed by atoms with E-state index < -0.39 is 0 Å². The van der Waals surface area contributed by atoms with Gasteiger partial charge in [-0.3, -0.25) is 0 Å². The molecule has 1 saturated heterocycles. The fraction of sp³-hybridized carbons (Fsp3) is 0.304. The molecule has 162 valence electrons. The average molecular weight is 422 g/mol. The minimum absolute atomic E-state index is 0.196. The van der Waals surface area contributed by atoms with Crippen LogP contribution < -0.4 is 29.6 Å². The summed E-state index contributed by atoms with van der Waals surface area (Å²) in [5.41, 5.74) is 0.713. The number of ether oxygens (including phenoxy) is 4. The maximum atomic E-state index is 6.05. The topological polar surface area (TPSA) is 86.8 Å². The number of rotatable bonds is 9. The van der Waals surface area contributed by atoms with E-state index in [4.69, 9.17) is 18.9 Å². The predicted octanol–water partition coefficient (Wildman–Crippen LogP) is 4.10. The summed E-state index contributed by atoms with van der Waals surface area (Å²) >= 11 is 0. The van der Waals surface area contributed by atoms with Gasteiger partial charge in [-0.25, -0.2) is 4.98 Å². The number of aromatic nitrogens is 2. The quantitative estimate of drug-likeness (QED) is 0.533. The summed E-state index contributed by atoms with van der Waals surface area (Å²) in [5.74, 6) is 3.71. The zero-order valence-electron chi connectivity index (χ0n) is 17.6. The van der Waals surface area contributed by atoms with Gasteiger partial charge in [0, 0.05) is 6.54 Å². The van der Waals surface area contributed by atoms with Crippen molar-refractivity contribution in [3.8, 4) is 34.9 Å². The van der Waals surface area contributed by atoms with Crippen LogP contribution in [0.4, 0.5) is 5.69 Å². The molecule has 0 aliphatic carbocycles. The third kappa shape index (κ3) is 5.55. The van der Waals surface area contributed by atoms with Crippen molar-refractivity contribution in [2.45, 2.75) is 6.42 Å². The number of nitrogens with zero attached hydrogens (tertiary/aromatic N) is 2. The molecule has 4 rings (SSSR count). The summed E-state index contributed by atoms with van der Waals surface area (Å²) in [6, 6.07) is 14.8. The van der Waals surface area contributed by atoms with Gasteiger partial charge in [-0.1, -0.05) is 0 Å². The summed E-state index contributed by atoms with van der Waals surface area (Å²) in [6.45, 7) is 2.86. The lowest BCUT2D eigenvalue weighted by Crippen LogP contribution is -2.17. The van der Waals surface area contributed by atoms with E-state index in [-0.39, 0.29) is 6.01 Å². The Labute approximate surface area is 181 Å². The Hall–Kier alpha value is -3.52. The molecule has 0 bridgehead atoms. The van der Waals surface area contributed by atoms with Gasteiger partial charge in [-0.05, 0) is 74.0 Å². The highest BCUT2D eigenvalue weighted by molar-refractivity contribution is 5.53. The number of benzene rings is 2. The lowest BCUT2D eigenvalue weighted by atomic mass is 10.1. The maximum Gasteiger partial charge on any atom is 0.325 e. The molecule has 1 aliphatic rings.